The first-order chi connectivity index (χ1) is 7.33. The first kappa shape index (κ1) is 12.4. The maximum atomic E-state index is 10.8. The minimum atomic E-state index is -0.973. The molecule has 1 aromatic rings. The fraction of sp³-hybridized carbons (Fsp3) is 0.455. The highest BCUT2D eigenvalue weighted by Gasteiger charge is 2.21. The first-order valence-electron chi connectivity index (χ1n) is 4.87. The van der Waals surface area contributed by atoms with Crippen molar-refractivity contribution in [1.29, 1.82) is 0 Å². The molecule has 1 N–H and O–H groups in total. The minimum Gasteiger partial charge on any atom is -0.497 e. The van der Waals surface area contributed by atoms with Crippen molar-refractivity contribution >= 4 is 5.69 Å². The Morgan fingerprint density at radius 3 is 2.56 bits per heavy atom. The Kier molecular flexibility index (Phi) is 3.49. The van der Waals surface area contributed by atoms with Gasteiger partial charge in [0.15, 0.2) is 0 Å². The molecule has 88 valence electrons. The van der Waals surface area contributed by atoms with Gasteiger partial charge in [0.25, 0.3) is 5.69 Å². The summed E-state index contributed by atoms with van der Waals surface area (Å²) in [5.74, 6) is 0.436. The van der Waals surface area contributed by atoms with Crippen molar-refractivity contribution in [2.75, 3.05) is 7.11 Å². The van der Waals surface area contributed by atoms with E-state index in [1.807, 2.05) is 0 Å². The predicted molar refractivity (Wildman–Crippen MR) is 59.7 cm³/mol. The highest BCUT2D eigenvalue weighted by atomic mass is 16.6. The summed E-state index contributed by atoms with van der Waals surface area (Å²) in [4.78, 5) is 10.4. The summed E-state index contributed by atoms with van der Waals surface area (Å²) in [7, 11) is 1.45. The summed E-state index contributed by atoms with van der Waals surface area (Å²) in [5.41, 5.74) is -0.501. The molecule has 0 bridgehead atoms. The number of nitro benzene ring substituents is 1. The second-order valence-corrected chi connectivity index (χ2v) is 4.24. The summed E-state index contributed by atoms with van der Waals surface area (Å²) < 4.78 is 4.92. The molecule has 0 radical (unpaired) electrons. The molecule has 0 aliphatic heterocycles. The van der Waals surface area contributed by atoms with Gasteiger partial charge in [-0.05, 0) is 26.0 Å². The van der Waals surface area contributed by atoms with Crippen LogP contribution in [-0.4, -0.2) is 22.7 Å². The lowest BCUT2D eigenvalue weighted by Gasteiger charge is -2.17. The van der Waals surface area contributed by atoms with Gasteiger partial charge in [0.1, 0.15) is 5.75 Å². The third-order valence-corrected chi connectivity index (χ3v) is 2.11. The highest BCUT2D eigenvalue weighted by Crippen LogP contribution is 2.27. The number of methoxy groups -OCH3 is 1. The lowest BCUT2D eigenvalue weighted by molar-refractivity contribution is -0.385. The SMILES string of the molecule is COc1ccc(CC(C)(C)O)c([N+](=O)[O-])c1. The van der Waals surface area contributed by atoms with Crippen LogP contribution < -0.4 is 4.74 Å². The Bertz CT molecular complexity index is 395. The van der Waals surface area contributed by atoms with E-state index in [9.17, 15) is 15.2 Å². The van der Waals surface area contributed by atoms with Crippen molar-refractivity contribution < 1.29 is 14.8 Å². The van der Waals surface area contributed by atoms with Gasteiger partial charge in [-0.3, -0.25) is 10.1 Å². The molecule has 0 unspecified atom stereocenters. The molecule has 0 spiro atoms. The number of benzene rings is 1. The molecule has 1 aromatic carbocycles. The van der Waals surface area contributed by atoms with Crippen molar-refractivity contribution in [3.63, 3.8) is 0 Å². The van der Waals surface area contributed by atoms with E-state index in [0.717, 1.165) is 0 Å². The van der Waals surface area contributed by atoms with E-state index in [1.165, 1.54) is 13.2 Å². The van der Waals surface area contributed by atoms with Crippen LogP contribution in [0.4, 0.5) is 5.69 Å². The number of nitrogens with zero attached hydrogens (tertiary/aromatic N) is 1. The number of rotatable bonds is 4. The number of hydrogen-bond acceptors (Lipinski definition) is 4. The Labute approximate surface area is 93.8 Å². The molecule has 0 aliphatic rings. The Morgan fingerprint density at radius 2 is 2.12 bits per heavy atom. The zero-order chi connectivity index (χ0) is 12.3. The van der Waals surface area contributed by atoms with Crippen LogP contribution in [0.5, 0.6) is 5.75 Å². The molecule has 1 rings (SSSR count). The fourth-order valence-electron chi connectivity index (χ4n) is 1.46. The summed E-state index contributed by atoms with van der Waals surface area (Å²) in [6, 6.07) is 4.62. The van der Waals surface area contributed by atoms with Gasteiger partial charge < -0.3 is 9.84 Å². The molecular formula is C11H15NO4. The van der Waals surface area contributed by atoms with E-state index < -0.39 is 10.5 Å². The van der Waals surface area contributed by atoms with Crippen molar-refractivity contribution in [2.24, 2.45) is 0 Å². The van der Waals surface area contributed by atoms with Gasteiger partial charge in [0, 0.05) is 12.0 Å². The molecule has 5 heteroatoms. The number of aliphatic hydroxyl groups is 1. The Balaban J connectivity index is 3.13. The van der Waals surface area contributed by atoms with E-state index in [-0.39, 0.29) is 12.1 Å². The van der Waals surface area contributed by atoms with Crippen LogP contribution in [0.1, 0.15) is 19.4 Å². The quantitative estimate of drug-likeness (QED) is 0.627. The molecule has 0 amide bonds. The van der Waals surface area contributed by atoms with Gasteiger partial charge in [0.05, 0.1) is 23.7 Å². The first-order valence-corrected chi connectivity index (χ1v) is 4.87. The second-order valence-electron chi connectivity index (χ2n) is 4.24. The highest BCUT2D eigenvalue weighted by molar-refractivity contribution is 5.46. The standard InChI is InChI=1S/C11H15NO4/c1-11(2,13)7-8-4-5-9(16-3)6-10(8)12(14)15/h4-6,13H,7H2,1-3H3. The maximum absolute atomic E-state index is 10.8. The molecule has 0 saturated carbocycles. The monoisotopic (exact) mass is 225 g/mol. The third kappa shape index (κ3) is 3.20. The molecule has 0 atom stereocenters. The molecule has 0 aliphatic carbocycles. The van der Waals surface area contributed by atoms with Crippen LogP contribution in [0.3, 0.4) is 0 Å². The normalized spacial score (nSPS) is 11.2. The van der Waals surface area contributed by atoms with E-state index in [0.29, 0.717) is 11.3 Å². The lowest BCUT2D eigenvalue weighted by atomic mass is 9.97. The van der Waals surface area contributed by atoms with Crippen LogP contribution in [-0.2, 0) is 6.42 Å². The Morgan fingerprint density at radius 1 is 1.50 bits per heavy atom. The van der Waals surface area contributed by atoms with Crippen molar-refractivity contribution in [3.8, 4) is 5.75 Å². The van der Waals surface area contributed by atoms with E-state index in [2.05, 4.69) is 0 Å². The zero-order valence-electron chi connectivity index (χ0n) is 9.56. The largest absolute Gasteiger partial charge is 0.497 e. The van der Waals surface area contributed by atoms with Crippen LogP contribution in [0.25, 0.3) is 0 Å². The fourth-order valence-corrected chi connectivity index (χ4v) is 1.46. The van der Waals surface area contributed by atoms with Gasteiger partial charge >= 0.3 is 0 Å². The lowest BCUT2D eigenvalue weighted by Crippen LogP contribution is -2.22. The second kappa shape index (κ2) is 4.49. The van der Waals surface area contributed by atoms with Gasteiger partial charge in [-0.2, -0.15) is 0 Å². The van der Waals surface area contributed by atoms with Crippen LogP contribution in [0.2, 0.25) is 0 Å². The molecule has 0 saturated heterocycles. The number of ether oxygens (including phenoxy) is 1. The van der Waals surface area contributed by atoms with Crippen LogP contribution in [0.15, 0.2) is 18.2 Å². The summed E-state index contributed by atoms with van der Waals surface area (Å²) in [5, 5.41) is 20.5. The topological polar surface area (TPSA) is 72.6 Å². The molecule has 0 heterocycles. The van der Waals surface area contributed by atoms with E-state index >= 15 is 0 Å². The van der Waals surface area contributed by atoms with E-state index in [4.69, 9.17) is 4.74 Å². The summed E-state index contributed by atoms with van der Waals surface area (Å²) >= 11 is 0. The van der Waals surface area contributed by atoms with Gasteiger partial charge in [0.2, 0.25) is 0 Å². The van der Waals surface area contributed by atoms with Gasteiger partial charge in [-0.1, -0.05) is 0 Å². The molecule has 16 heavy (non-hydrogen) atoms. The molecular weight excluding hydrogens is 210 g/mol. The van der Waals surface area contributed by atoms with Crippen LogP contribution >= 0.6 is 0 Å². The van der Waals surface area contributed by atoms with Crippen molar-refractivity contribution in [1.82, 2.24) is 0 Å². The molecule has 5 nitrogen and oxygen atoms in total. The molecule has 0 aromatic heterocycles. The average molecular weight is 225 g/mol. The number of hydrogen-bond donors (Lipinski definition) is 1. The van der Waals surface area contributed by atoms with Gasteiger partial charge in [-0.15, -0.1) is 0 Å². The van der Waals surface area contributed by atoms with E-state index in [1.54, 1.807) is 26.0 Å². The smallest absolute Gasteiger partial charge is 0.276 e. The average Bonchev–Trinajstić information content (AvgIpc) is 2.15. The zero-order valence-corrected chi connectivity index (χ0v) is 9.56. The maximum Gasteiger partial charge on any atom is 0.276 e. The predicted octanol–water partition coefficient (Wildman–Crippen LogP) is 1.92. The minimum absolute atomic E-state index is 0.0264. The van der Waals surface area contributed by atoms with Crippen molar-refractivity contribution in [2.45, 2.75) is 25.9 Å². The number of nitro groups is 1. The van der Waals surface area contributed by atoms with Gasteiger partial charge in [-0.25, -0.2) is 0 Å². The third-order valence-electron chi connectivity index (χ3n) is 2.11. The Hall–Kier alpha value is -1.62. The molecule has 0 fully saturated rings. The van der Waals surface area contributed by atoms with Crippen LogP contribution in [0, 0.1) is 10.1 Å². The summed E-state index contributed by atoms with van der Waals surface area (Å²) in [6.07, 6.45) is 0.229. The van der Waals surface area contributed by atoms with Crippen molar-refractivity contribution in [3.05, 3.63) is 33.9 Å². The summed E-state index contributed by atoms with van der Waals surface area (Å²) in [6.45, 7) is 3.22.